The van der Waals surface area contributed by atoms with Gasteiger partial charge in [0, 0.05) is 13.5 Å². The van der Waals surface area contributed by atoms with Gasteiger partial charge in [-0.3, -0.25) is 4.79 Å². The van der Waals surface area contributed by atoms with Crippen molar-refractivity contribution >= 4 is 5.97 Å². The maximum Gasteiger partial charge on any atom is 0.303 e. The highest BCUT2D eigenvalue weighted by molar-refractivity contribution is 5.66. The van der Waals surface area contributed by atoms with Crippen molar-refractivity contribution in [1.82, 2.24) is 0 Å². The monoisotopic (exact) mass is 236 g/mol. The van der Waals surface area contributed by atoms with Gasteiger partial charge in [0.15, 0.2) is 0 Å². The molecule has 3 nitrogen and oxygen atoms in total. The summed E-state index contributed by atoms with van der Waals surface area (Å²) in [6.45, 7) is 2.04. The second kappa shape index (κ2) is 7.07. The first-order valence-corrected chi connectivity index (χ1v) is 5.95. The Morgan fingerprint density at radius 1 is 1.35 bits per heavy atom. The van der Waals surface area contributed by atoms with Gasteiger partial charge in [-0.05, 0) is 37.3 Å². The van der Waals surface area contributed by atoms with Gasteiger partial charge >= 0.3 is 5.97 Å². The quantitative estimate of drug-likeness (QED) is 0.791. The minimum absolute atomic E-state index is 0.190. The van der Waals surface area contributed by atoms with Crippen molar-refractivity contribution in [2.75, 3.05) is 7.11 Å². The van der Waals surface area contributed by atoms with E-state index in [-0.39, 0.29) is 12.5 Å². The highest BCUT2D eigenvalue weighted by atomic mass is 16.5. The molecule has 0 radical (unpaired) electrons. The molecule has 0 saturated carbocycles. The van der Waals surface area contributed by atoms with Crippen molar-refractivity contribution in [3.8, 4) is 0 Å². The second-order valence-corrected chi connectivity index (χ2v) is 4.27. The Morgan fingerprint density at radius 3 is 2.59 bits per heavy atom. The zero-order chi connectivity index (χ0) is 12.7. The van der Waals surface area contributed by atoms with Crippen LogP contribution in [0, 0.1) is 0 Å². The van der Waals surface area contributed by atoms with E-state index in [0.29, 0.717) is 6.42 Å². The van der Waals surface area contributed by atoms with Crippen LogP contribution in [0.1, 0.15) is 30.9 Å². The summed E-state index contributed by atoms with van der Waals surface area (Å²) in [5, 5.41) is 8.62. The van der Waals surface area contributed by atoms with Crippen LogP contribution in [0.3, 0.4) is 0 Å². The van der Waals surface area contributed by atoms with Gasteiger partial charge < -0.3 is 9.84 Å². The average Bonchev–Trinajstić information content (AvgIpc) is 2.30. The lowest BCUT2D eigenvalue weighted by molar-refractivity contribution is -0.137. The number of carbonyl (C=O) groups is 1. The molecule has 1 rings (SSSR count). The van der Waals surface area contributed by atoms with Crippen molar-refractivity contribution < 1.29 is 14.6 Å². The van der Waals surface area contributed by atoms with Crippen molar-refractivity contribution in [1.29, 1.82) is 0 Å². The number of aryl methyl sites for hydroxylation is 1. The molecular formula is C14H20O3. The topological polar surface area (TPSA) is 46.5 Å². The third-order valence-electron chi connectivity index (χ3n) is 2.86. The fraction of sp³-hybridized carbons (Fsp3) is 0.500. The molecule has 0 spiro atoms. The van der Waals surface area contributed by atoms with Crippen molar-refractivity contribution in [3.63, 3.8) is 0 Å². The van der Waals surface area contributed by atoms with Crippen LogP contribution < -0.4 is 0 Å². The predicted octanol–water partition coefficient (Wildman–Crippen LogP) is 2.67. The number of carboxylic acid groups (broad SMARTS) is 1. The fourth-order valence-corrected chi connectivity index (χ4v) is 1.82. The predicted molar refractivity (Wildman–Crippen MR) is 67.2 cm³/mol. The summed E-state index contributed by atoms with van der Waals surface area (Å²) in [7, 11) is 1.71. The normalized spacial score (nSPS) is 12.4. The Labute approximate surface area is 102 Å². The van der Waals surface area contributed by atoms with Crippen LogP contribution in [0.25, 0.3) is 0 Å². The molecule has 0 aliphatic rings. The molecule has 1 N–H and O–H groups in total. The Morgan fingerprint density at radius 2 is 2.00 bits per heavy atom. The molecule has 1 atom stereocenters. The van der Waals surface area contributed by atoms with E-state index in [0.717, 1.165) is 12.8 Å². The fourth-order valence-electron chi connectivity index (χ4n) is 1.82. The zero-order valence-corrected chi connectivity index (χ0v) is 10.5. The molecule has 0 aromatic heterocycles. The maximum atomic E-state index is 10.5. The summed E-state index contributed by atoms with van der Waals surface area (Å²) in [6, 6.07) is 8.17. The molecule has 1 unspecified atom stereocenters. The van der Waals surface area contributed by atoms with Crippen molar-refractivity contribution in [2.24, 2.45) is 0 Å². The maximum absolute atomic E-state index is 10.5. The zero-order valence-electron chi connectivity index (χ0n) is 10.5. The molecule has 3 heteroatoms. The van der Waals surface area contributed by atoms with E-state index in [2.05, 4.69) is 12.1 Å². The lowest BCUT2D eigenvalue weighted by atomic mass is 9.98. The summed E-state index contributed by atoms with van der Waals surface area (Å²) < 4.78 is 5.26. The number of benzene rings is 1. The van der Waals surface area contributed by atoms with Gasteiger partial charge in [0.1, 0.15) is 0 Å². The number of methoxy groups -OCH3 is 1. The first kappa shape index (κ1) is 13.7. The average molecular weight is 236 g/mol. The minimum atomic E-state index is -0.729. The van der Waals surface area contributed by atoms with Gasteiger partial charge in [0.05, 0.1) is 6.10 Å². The smallest absolute Gasteiger partial charge is 0.303 e. The molecule has 0 bridgehead atoms. The number of ether oxygens (including phenoxy) is 1. The van der Waals surface area contributed by atoms with Gasteiger partial charge in [-0.1, -0.05) is 24.3 Å². The molecule has 0 aliphatic carbocycles. The Balaban J connectivity index is 2.60. The van der Waals surface area contributed by atoms with Crippen LogP contribution in [-0.2, 0) is 22.4 Å². The van der Waals surface area contributed by atoms with Crippen molar-refractivity contribution in [3.05, 3.63) is 35.4 Å². The molecule has 0 saturated heterocycles. The van der Waals surface area contributed by atoms with Crippen molar-refractivity contribution in [2.45, 2.75) is 38.7 Å². The van der Waals surface area contributed by atoms with Crippen LogP contribution in [-0.4, -0.2) is 24.3 Å². The van der Waals surface area contributed by atoms with Gasteiger partial charge in [-0.2, -0.15) is 0 Å². The number of hydrogen-bond acceptors (Lipinski definition) is 2. The molecule has 0 fully saturated rings. The lowest BCUT2D eigenvalue weighted by Crippen LogP contribution is -2.10. The van der Waals surface area contributed by atoms with E-state index in [1.807, 2.05) is 19.1 Å². The SMILES string of the molecule is COC(C)Cc1ccccc1CCCC(=O)O. The van der Waals surface area contributed by atoms with E-state index in [9.17, 15) is 4.79 Å². The molecule has 17 heavy (non-hydrogen) atoms. The molecule has 94 valence electrons. The van der Waals surface area contributed by atoms with E-state index in [1.165, 1.54) is 11.1 Å². The van der Waals surface area contributed by atoms with Gasteiger partial charge in [0.25, 0.3) is 0 Å². The van der Waals surface area contributed by atoms with E-state index in [4.69, 9.17) is 9.84 Å². The number of hydrogen-bond donors (Lipinski definition) is 1. The standard InChI is InChI=1S/C14H20O3/c1-11(17-2)10-13-7-4-3-6-12(13)8-5-9-14(15)16/h3-4,6-7,11H,5,8-10H2,1-2H3,(H,15,16). The van der Waals surface area contributed by atoms with Crippen LogP contribution in [0.2, 0.25) is 0 Å². The summed E-state index contributed by atoms with van der Waals surface area (Å²) >= 11 is 0. The van der Waals surface area contributed by atoms with Gasteiger partial charge in [0.2, 0.25) is 0 Å². The summed E-state index contributed by atoms with van der Waals surface area (Å²) in [5.74, 6) is -0.729. The van der Waals surface area contributed by atoms with E-state index < -0.39 is 5.97 Å². The summed E-state index contributed by atoms with van der Waals surface area (Å²) in [6.07, 6.45) is 2.80. The van der Waals surface area contributed by atoms with Crippen LogP contribution in [0.5, 0.6) is 0 Å². The van der Waals surface area contributed by atoms with Gasteiger partial charge in [-0.25, -0.2) is 0 Å². The van der Waals surface area contributed by atoms with Gasteiger partial charge in [-0.15, -0.1) is 0 Å². The summed E-state index contributed by atoms with van der Waals surface area (Å²) in [4.78, 5) is 10.5. The van der Waals surface area contributed by atoms with E-state index >= 15 is 0 Å². The molecule has 0 aliphatic heterocycles. The highest BCUT2D eigenvalue weighted by Crippen LogP contribution is 2.15. The molecular weight excluding hydrogens is 216 g/mol. The van der Waals surface area contributed by atoms with Crippen LogP contribution in [0.15, 0.2) is 24.3 Å². The largest absolute Gasteiger partial charge is 0.481 e. The first-order valence-electron chi connectivity index (χ1n) is 5.95. The lowest BCUT2D eigenvalue weighted by Gasteiger charge is -2.13. The van der Waals surface area contributed by atoms with Crippen LogP contribution in [0.4, 0.5) is 0 Å². The number of rotatable bonds is 7. The Hall–Kier alpha value is -1.35. The Kier molecular flexibility index (Phi) is 5.70. The second-order valence-electron chi connectivity index (χ2n) is 4.27. The molecule has 1 aromatic carbocycles. The number of carboxylic acids is 1. The third-order valence-corrected chi connectivity index (χ3v) is 2.86. The summed E-state index contributed by atoms with van der Waals surface area (Å²) in [5.41, 5.74) is 2.49. The molecule has 0 heterocycles. The highest BCUT2D eigenvalue weighted by Gasteiger charge is 2.07. The third kappa shape index (κ3) is 5.00. The Bertz CT molecular complexity index is 360. The van der Waals surface area contributed by atoms with E-state index in [1.54, 1.807) is 7.11 Å². The van der Waals surface area contributed by atoms with Crippen LogP contribution >= 0.6 is 0 Å². The molecule has 0 amide bonds. The number of aliphatic carboxylic acids is 1. The first-order chi connectivity index (χ1) is 8.13. The molecule has 1 aromatic rings. The minimum Gasteiger partial charge on any atom is -0.481 e.